The maximum absolute atomic E-state index is 6.49. The second-order valence-corrected chi connectivity index (χ2v) is 6.50. The van der Waals surface area contributed by atoms with Gasteiger partial charge >= 0.3 is 0 Å². The maximum Gasteiger partial charge on any atom is 0.123 e. The summed E-state index contributed by atoms with van der Waals surface area (Å²) < 4.78 is 5.58. The monoisotopic (exact) mass is 290 g/mol. The highest BCUT2D eigenvalue weighted by Crippen LogP contribution is 2.36. The Morgan fingerprint density at radius 1 is 1.29 bits per heavy atom. The summed E-state index contributed by atoms with van der Waals surface area (Å²) in [5, 5.41) is 0. The molecule has 0 bridgehead atoms. The van der Waals surface area contributed by atoms with Gasteiger partial charge < -0.3 is 10.5 Å². The summed E-state index contributed by atoms with van der Waals surface area (Å²) in [6.45, 7) is 9.13. The number of hydrogen-bond donors (Lipinski definition) is 1. The molecule has 0 spiro atoms. The summed E-state index contributed by atoms with van der Waals surface area (Å²) in [6, 6.07) is 8.71. The number of para-hydroxylation sites is 1. The molecule has 1 aromatic rings. The van der Waals surface area contributed by atoms with Crippen molar-refractivity contribution >= 4 is 0 Å². The lowest BCUT2D eigenvalue weighted by Crippen LogP contribution is -2.47. The molecule has 3 heteroatoms. The van der Waals surface area contributed by atoms with E-state index in [-0.39, 0.29) is 12.1 Å². The van der Waals surface area contributed by atoms with Crippen LogP contribution in [0.3, 0.4) is 0 Å². The zero-order chi connectivity index (χ0) is 15.4. The van der Waals surface area contributed by atoms with Crippen molar-refractivity contribution in [1.29, 1.82) is 0 Å². The molecule has 0 radical (unpaired) electrons. The van der Waals surface area contributed by atoms with Crippen LogP contribution < -0.4 is 10.5 Å². The van der Waals surface area contributed by atoms with Gasteiger partial charge in [0.25, 0.3) is 0 Å². The van der Waals surface area contributed by atoms with E-state index >= 15 is 0 Å². The van der Waals surface area contributed by atoms with Crippen LogP contribution in [0.2, 0.25) is 0 Å². The molecule has 1 fully saturated rings. The predicted octanol–water partition coefficient (Wildman–Crippen LogP) is 3.45. The van der Waals surface area contributed by atoms with Crippen molar-refractivity contribution in [2.45, 2.75) is 45.7 Å². The summed E-state index contributed by atoms with van der Waals surface area (Å²) in [5.74, 6) is 2.48. The van der Waals surface area contributed by atoms with E-state index in [1.165, 1.54) is 12.0 Å². The molecule has 1 aromatic carbocycles. The van der Waals surface area contributed by atoms with Crippen LogP contribution >= 0.6 is 0 Å². The van der Waals surface area contributed by atoms with Crippen molar-refractivity contribution in [3.63, 3.8) is 0 Å². The predicted molar refractivity (Wildman–Crippen MR) is 88.5 cm³/mol. The van der Waals surface area contributed by atoms with Gasteiger partial charge in [-0.3, -0.25) is 4.90 Å². The normalized spacial score (nSPS) is 26.3. The van der Waals surface area contributed by atoms with Crippen LogP contribution in [0.5, 0.6) is 5.75 Å². The lowest BCUT2D eigenvalue weighted by molar-refractivity contribution is 0.0803. The van der Waals surface area contributed by atoms with Crippen molar-refractivity contribution in [3.05, 3.63) is 29.8 Å². The lowest BCUT2D eigenvalue weighted by atomic mass is 9.85. The third-order valence-electron chi connectivity index (χ3n) is 5.09. The largest absolute Gasteiger partial charge is 0.496 e. The van der Waals surface area contributed by atoms with Gasteiger partial charge in [0.05, 0.1) is 13.2 Å². The van der Waals surface area contributed by atoms with E-state index in [1.54, 1.807) is 7.11 Å². The highest BCUT2D eigenvalue weighted by molar-refractivity contribution is 5.37. The van der Waals surface area contributed by atoms with Crippen molar-refractivity contribution < 1.29 is 4.74 Å². The highest BCUT2D eigenvalue weighted by Gasteiger charge is 2.32. The van der Waals surface area contributed by atoms with Crippen LogP contribution in [0.25, 0.3) is 0 Å². The van der Waals surface area contributed by atoms with Crippen LogP contribution in [0.4, 0.5) is 0 Å². The van der Waals surface area contributed by atoms with Gasteiger partial charge in [-0.05, 0) is 37.3 Å². The molecule has 1 heterocycles. The van der Waals surface area contributed by atoms with E-state index in [2.05, 4.69) is 37.8 Å². The Labute approximate surface area is 129 Å². The number of methoxy groups -OCH3 is 1. The van der Waals surface area contributed by atoms with E-state index in [0.29, 0.717) is 0 Å². The SMILES string of the molecule is CCC(N)C(c1ccccc1OC)N1CCC(C)C(C)C1. The number of nitrogens with zero attached hydrogens (tertiary/aromatic N) is 1. The Hall–Kier alpha value is -1.06. The van der Waals surface area contributed by atoms with Gasteiger partial charge in [0.2, 0.25) is 0 Å². The Balaban J connectivity index is 2.30. The zero-order valence-electron chi connectivity index (χ0n) is 13.9. The summed E-state index contributed by atoms with van der Waals surface area (Å²) in [4.78, 5) is 2.57. The van der Waals surface area contributed by atoms with Crippen molar-refractivity contribution in [1.82, 2.24) is 4.90 Å². The molecule has 1 aliphatic heterocycles. The number of piperidine rings is 1. The molecular formula is C18H30N2O. The molecule has 4 unspecified atom stereocenters. The second kappa shape index (κ2) is 7.28. The second-order valence-electron chi connectivity index (χ2n) is 6.50. The molecule has 2 rings (SSSR count). The first-order chi connectivity index (χ1) is 10.1. The number of hydrogen-bond acceptors (Lipinski definition) is 3. The third kappa shape index (κ3) is 3.58. The van der Waals surface area contributed by atoms with E-state index in [9.17, 15) is 0 Å². The summed E-state index contributed by atoms with van der Waals surface area (Å²) in [7, 11) is 1.74. The van der Waals surface area contributed by atoms with Crippen molar-refractivity contribution in [2.75, 3.05) is 20.2 Å². The van der Waals surface area contributed by atoms with Crippen LogP contribution in [-0.4, -0.2) is 31.1 Å². The molecule has 21 heavy (non-hydrogen) atoms. The molecule has 2 N–H and O–H groups in total. The fourth-order valence-electron chi connectivity index (χ4n) is 3.38. The number of likely N-dealkylation sites (tertiary alicyclic amines) is 1. The van der Waals surface area contributed by atoms with E-state index < -0.39 is 0 Å². The van der Waals surface area contributed by atoms with Crippen LogP contribution in [0.1, 0.15) is 45.2 Å². The standard InChI is InChI=1S/C18H30N2O/c1-5-16(19)18(15-8-6-7-9-17(15)21-4)20-11-10-13(2)14(3)12-20/h6-9,13-14,16,18H,5,10-12,19H2,1-4H3. The summed E-state index contributed by atoms with van der Waals surface area (Å²) in [5.41, 5.74) is 7.72. The fraction of sp³-hybridized carbons (Fsp3) is 0.667. The average molecular weight is 290 g/mol. The van der Waals surface area contributed by atoms with Crippen LogP contribution in [-0.2, 0) is 0 Å². The number of nitrogens with two attached hydrogens (primary N) is 1. The minimum absolute atomic E-state index is 0.141. The topological polar surface area (TPSA) is 38.5 Å². The lowest BCUT2D eigenvalue weighted by Gasteiger charge is -2.42. The van der Waals surface area contributed by atoms with Crippen LogP contribution in [0.15, 0.2) is 24.3 Å². The number of benzene rings is 1. The summed E-state index contributed by atoms with van der Waals surface area (Å²) >= 11 is 0. The quantitative estimate of drug-likeness (QED) is 0.902. The van der Waals surface area contributed by atoms with Gasteiger partial charge in [0.15, 0.2) is 0 Å². The Bertz CT molecular complexity index is 449. The van der Waals surface area contributed by atoms with Gasteiger partial charge in [-0.1, -0.05) is 39.0 Å². The van der Waals surface area contributed by atoms with Crippen molar-refractivity contribution in [2.24, 2.45) is 17.6 Å². The molecular weight excluding hydrogens is 260 g/mol. The van der Waals surface area contributed by atoms with Gasteiger partial charge in [-0.2, -0.15) is 0 Å². The van der Waals surface area contributed by atoms with Gasteiger partial charge in [-0.25, -0.2) is 0 Å². The van der Waals surface area contributed by atoms with E-state index in [1.807, 2.05) is 12.1 Å². The molecule has 118 valence electrons. The number of rotatable bonds is 5. The van der Waals surface area contributed by atoms with Gasteiger partial charge in [0.1, 0.15) is 5.75 Å². The first-order valence-electron chi connectivity index (χ1n) is 8.21. The Kier molecular flexibility index (Phi) is 5.65. The average Bonchev–Trinajstić information content (AvgIpc) is 2.51. The first-order valence-corrected chi connectivity index (χ1v) is 8.21. The molecule has 0 aliphatic carbocycles. The highest BCUT2D eigenvalue weighted by atomic mass is 16.5. The third-order valence-corrected chi connectivity index (χ3v) is 5.09. The molecule has 0 amide bonds. The maximum atomic E-state index is 6.49. The van der Waals surface area contributed by atoms with Gasteiger partial charge in [-0.15, -0.1) is 0 Å². The summed E-state index contributed by atoms with van der Waals surface area (Å²) in [6.07, 6.45) is 2.23. The van der Waals surface area contributed by atoms with E-state index in [0.717, 1.165) is 37.1 Å². The zero-order valence-corrected chi connectivity index (χ0v) is 13.9. The Morgan fingerprint density at radius 3 is 2.62 bits per heavy atom. The molecule has 3 nitrogen and oxygen atoms in total. The molecule has 4 atom stereocenters. The molecule has 0 aromatic heterocycles. The fourth-order valence-corrected chi connectivity index (χ4v) is 3.38. The number of ether oxygens (including phenoxy) is 1. The van der Waals surface area contributed by atoms with E-state index in [4.69, 9.17) is 10.5 Å². The van der Waals surface area contributed by atoms with Gasteiger partial charge in [0, 0.05) is 18.2 Å². The van der Waals surface area contributed by atoms with Crippen molar-refractivity contribution in [3.8, 4) is 5.75 Å². The smallest absolute Gasteiger partial charge is 0.123 e. The molecule has 1 aliphatic rings. The molecule has 0 saturated carbocycles. The minimum atomic E-state index is 0.141. The Morgan fingerprint density at radius 2 is 2.00 bits per heavy atom. The minimum Gasteiger partial charge on any atom is -0.496 e. The van der Waals surface area contributed by atoms with Crippen LogP contribution in [0, 0.1) is 11.8 Å². The molecule has 1 saturated heterocycles. The first kappa shape index (κ1) is 16.3.